The van der Waals surface area contributed by atoms with E-state index in [1.54, 1.807) is 0 Å². The monoisotopic (exact) mass is 365 g/mol. The zero-order valence-electron chi connectivity index (χ0n) is 16.8. The molecule has 0 aliphatic heterocycles. The fourth-order valence-corrected chi connectivity index (χ4v) is 4.95. The van der Waals surface area contributed by atoms with E-state index in [4.69, 9.17) is 0 Å². The summed E-state index contributed by atoms with van der Waals surface area (Å²) in [6.07, 6.45) is 5.54. The summed E-state index contributed by atoms with van der Waals surface area (Å²) in [4.78, 5) is 0. The normalized spacial score (nSPS) is 11.9. The highest BCUT2D eigenvalue weighted by Gasteiger charge is 2.35. The molecule has 1 radical (unpaired) electrons. The van der Waals surface area contributed by atoms with E-state index in [9.17, 15) is 0 Å². The molecular weight excluding hydrogens is 336 g/mol. The predicted octanol–water partition coefficient (Wildman–Crippen LogP) is 8.08. The molecule has 4 aromatic carbocycles. The van der Waals surface area contributed by atoms with E-state index in [0.717, 1.165) is 32.1 Å². The Kier molecular flexibility index (Phi) is 5.48. The second-order valence-electron chi connectivity index (χ2n) is 7.84. The molecule has 4 rings (SSSR count). The summed E-state index contributed by atoms with van der Waals surface area (Å²) in [7, 11) is 0. The molecule has 0 aromatic heterocycles. The van der Waals surface area contributed by atoms with Crippen LogP contribution in [0.2, 0.25) is 0 Å². The Bertz CT molecular complexity index is 984. The first kappa shape index (κ1) is 18.7. The van der Waals surface area contributed by atoms with Crippen LogP contribution in [0.3, 0.4) is 0 Å². The van der Waals surface area contributed by atoms with Gasteiger partial charge in [-0.1, -0.05) is 118 Å². The molecule has 0 nitrogen and oxygen atoms in total. The average Bonchev–Trinajstić information content (AvgIpc) is 2.76. The van der Waals surface area contributed by atoms with Gasteiger partial charge in [0.1, 0.15) is 0 Å². The van der Waals surface area contributed by atoms with Gasteiger partial charge >= 0.3 is 0 Å². The van der Waals surface area contributed by atoms with Gasteiger partial charge in [-0.3, -0.25) is 0 Å². The third-order valence-electron chi connectivity index (χ3n) is 6.14. The largest absolute Gasteiger partial charge is 0.0653 e. The highest BCUT2D eigenvalue weighted by atomic mass is 14.4. The maximum Gasteiger partial charge on any atom is 0.0215 e. The molecule has 0 bridgehead atoms. The van der Waals surface area contributed by atoms with Gasteiger partial charge in [0, 0.05) is 5.41 Å². The van der Waals surface area contributed by atoms with Crippen LogP contribution < -0.4 is 0 Å². The van der Waals surface area contributed by atoms with Crippen molar-refractivity contribution in [3.63, 3.8) is 0 Å². The number of hydrogen-bond acceptors (Lipinski definition) is 0. The highest BCUT2D eigenvalue weighted by Crippen LogP contribution is 2.46. The SMILES string of the molecule is [CH2]CCCC(CCC)(c1cccc2ccccc12)c1cccc2ccccc12. The Hall–Kier alpha value is -2.60. The first-order valence-electron chi connectivity index (χ1n) is 10.6. The third-order valence-corrected chi connectivity index (χ3v) is 6.14. The van der Waals surface area contributed by atoms with Gasteiger partial charge in [0.05, 0.1) is 0 Å². The minimum atomic E-state index is 0.00810. The summed E-state index contributed by atoms with van der Waals surface area (Å²) in [5.41, 5.74) is 2.95. The van der Waals surface area contributed by atoms with Crippen molar-refractivity contribution in [3.05, 3.63) is 103 Å². The first-order valence-corrected chi connectivity index (χ1v) is 10.6. The molecule has 0 saturated carbocycles. The topological polar surface area (TPSA) is 0 Å². The molecule has 0 spiro atoms. The lowest BCUT2D eigenvalue weighted by Crippen LogP contribution is -2.28. The lowest BCUT2D eigenvalue weighted by Gasteiger charge is -2.37. The summed E-state index contributed by atoms with van der Waals surface area (Å²) >= 11 is 0. The van der Waals surface area contributed by atoms with Crippen LogP contribution in [0.4, 0.5) is 0 Å². The van der Waals surface area contributed by atoms with E-state index >= 15 is 0 Å². The molecule has 0 N–H and O–H groups in total. The van der Waals surface area contributed by atoms with E-state index in [1.807, 2.05) is 0 Å². The van der Waals surface area contributed by atoms with E-state index in [1.165, 1.54) is 32.7 Å². The third kappa shape index (κ3) is 3.22. The molecule has 0 amide bonds. The average molecular weight is 366 g/mol. The van der Waals surface area contributed by atoms with Crippen molar-refractivity contribution in [1.29, 1.82) is 0 Å². The molecule has 0 atom stereocenters. The minimum Gasteiger partial charge on any atom is -0.0653 e. The molecule has 141 valence electrons. The maximum absolute atomic E-state index is 4.16. The molecule has 0 aliphatic rings. The number of hydrogen-bond donors (Lipinski definition) is 0. The van der Waals surface area contributed by atoms with Gasteiger partial charge in [-0.15, -0.1) is 0 Å². The van der Waals surface area contributed by atoms with Crippen LogP contribution in [0.5, 0.6) is 0 Å². The smallest absolute Gasteiger partial charge is 0.0215 e. The molecule has 4 aromatic rings. The van der Waals surface area contributed by atoms with Gasteiger partial charge in [0.2, 0.25) is 0 Å². The number of fused-ring (bicyclic) bond motifs is 2. The molecule has 0 aliphatic carbocycles. The Labute approximate surface area is 169 Å². The van der Waals surface area contributed by atoms with Crippen LogP contribution >= 0.6 is 0 Å². The highest BCUT2D eigenvalue weighted by molar-refractivity contribution is 5.91. The van der Waals surface area contributed by atoms with Crippen LogP contribution in [0.1, 0.15) is 50.2 Å². The molecule has 0 unspecified atom stereocenters. The quantitative estimate of drug-likeness (QED) is 0.310. The second-order valence-corrected chi connectivity index (χ2v) is 7.84. The maximum atomic E-state index is 4.16. The van der Waals surface area contributed by atoms with Gasteiger partial charge in [-0.05, 0) is 45.5 Å². The lowest BCUT2D eigenvalue weighted by atomic mass is 9.66. The molecule has 0 heteroatoms. The van der Waals surface area contributed by atoms with Gasteiger partial charge in [-0.25, -0.2) is 0 Å². The Morgan fingerprint density at radius 1 is 0.643 bits per heavy atom. The summed E-state index contributed by atoms with van der Waals surface area (Å²) in [6, 6.07) is 31.4. The molecule has 0 heterocycles. The zero-order valence-corrected chi connectivity index (χ0v) is 16.8. The van der Waals surface area contributed by atoms with Gasteiger partial charge < -0.3 is 0 Å². The zero-order chi connectivity index (χ0) is 19.4. The van der Waals surface area contributed by atoms with Crippen molar-refractivity contribution >= 4 is 21.5 Å². The summed E-state index contributed by atoms with van der Waals surface area (Å²) in [6.45, 7) is 6.48. The van der Waals surface area contributed by atoms with Crippen LogP contribution in [-0.2, 0) is 5.41 Å². The van der Waals surface area contributed by atoms with E-state index in [2.05, 4.69) is 98.8 Å². The van der Waals surface area contributed by atoms with Crippen molar-refractivity contribution in [3.8, 4) is 0 Å². The van der Waals surface area contributed by atoms with Gasteiger partial charge in [0.15, 0.2) is 0 Å². The van der Waals surface area contributed by atoms with E-state index < -0.39 is 0 Å². The van der Waals surface area contributed by atoms with Crippen molar-refractivity contribution in [2.24, 2.45) is 0 Å². The molecule has 0 saturated heterocycles. The number of benzene rings is 4. The first-order chi connectivity index (χ1) is 13.8. The van der Waals surface area contributed by atoms with Gasteiger partial charge in [0.25, 0.3) is 0 Å². The molecule has 0 fully saturated rings. The fraction of sp³-hybridized carbons (Fsp3) is 0.250. The molecule has 28 heavy (non-hydrogen) atoms. The van der Waals surface area contributed by atoms with E-state index in [0.29, 0.717) is 0 Å². The van der Waals surface area contributed by atoms with Crippen molar-refractivity contribution in [2.45, 2.75) is 44.4 Å². The predicted molar refractivity (Wildman–Crippen MR) is 123 cm³/mol. The number of unbranched alkanes of at least 4 members (excludes halogenated alkanes) is 1. The van der Waals surface area contributed by atoms with Crippen molar-refractivity contribution < 1.29 is 0 Å². The Morgan fingerprint density at radius 2 is 1.14 bits per heavy atom. The van der Waals surface area contributed by atoms with Crippen LogP contribution in [0.15, 0.2) is 84.9 Å². The Morgan fingerprint density at radius 3 is 1.64 bits per heavy atom. The van der Waals surface area contributed by atoms with Crippen molar-refractivity contribution in [1.82, 2.24) is 0 Å². The number of rotatable bonds is 7. The van der Waals surface area contributed by atoms with Crippen molar-refractivity contribution in [2.75, 3.05) is 0 Å². The summed E-state index contributed by atoms with van der Waals surface area (Å²) < 4.78 is 0. The fourth-order valence-electron chi connectivity index (χ4n) is 4.95. The minimum absolute atomic E-state index is 0.00810. The van der Waals surface area contributed by atoms with E-state index in [-0.39, 0.29) is 5.41 Å². The summed E-state index contributed by atoms with van der Waals surface area (Å²) in [5, 5.41) is 5.43. The standard InChI is InChI=1S/C28H29/c1-3-5-21-28(20-4-2,26-18-10-14-22-12-6-8-16-24(22)26)27-19-11-15-23-13-7-9-17-25(23)27/h6-19H,1,3-5,20-21H2,2H3. The van der Waals surface area contributed by atoms with Gasteiger partial charge in [-0.2, -0.15) is 0 Å². The lowest BCUT2D eigenvalue weighted by molar-refractivity contribution is 0.425. The Balaban J connectivity index is 2.06. The van der Waals surface area contributed by atoms with Crippen LogP contribution in [0, 0.1) is 6.92 Å². The van der Waals surface area contributed by atoms with Crippen LogP contribution in [0.25, 0.3) is 21.5 Å². The second kappa shape index (κ2) is 8.19. The molecular formula is C28H29. The summed E-state index contributed by atoms with van der Waals surface area (Å²) in [5.74, 6) is 0. The van der Waals surface area contributed by atoms with Crippen LogP contribution in [-0.4, -0.2) is 0 Å².